The highest BCUT2D eigenvalue weighted by atomic mass is 35.5. The molecule has 0 heterocycles. The summed E-state index contributed by atoms with van der Waals surface area (Å²) in [5, 5.41) is 0.769. The molecule has 0 aliphatic carbocycles. The predicted molar refractivity (Wildman–Crippen MR) is 84.1 cm³/mol. The smallest absolute Gasteiger partial charge is 0.0417 e. The summed E-state index contributed by atoms with van der Waals surface area (Å²) < 4.78 is 0. The molecular weight excluding hydrogens is 274 g/mol. The lowest BCUT2D eigenvalue weighted by molar-refractivity contribution is 0.729. The molecule has 0 aliphatic heterocycles. The van der Waals surface area contributed by atoms with Crippen molar-refractivity contribution in [3.8, 4) is 0 Å². The predicted octanol–water partition coefficient (Wildman–Crippen LogP) is 4.69. The maximum absolute atomic E-state index is 6.03. The molecule has 2 aromatic carbocycles. The fourth-order valence-electron chi connectivity index (χ4n) is 1.97. The highest BCUT2D eigenvalue weighted by Crippen LogP contribution is 2.32. The van der Waals surface area contributed by atoms with Crippen LogP contribution in [0, 0.1) is 6.92 Å². The monoisotopic (exact) mass is 291 g/mol. The van der Waals surface area contributed by atoms with E-state index in [4.69, 9.17) is 17.3 Å². The van der Waals surface area contributed by atoms with E-state index >= 15 is 0 Å². The lowest BCUT2D eigenvalue weighted by atomic mass is 10.1. The van der Waals surface area contributed by atoms with Gasteiger partial charge in [-0.3, -0.25) is 0 Å². The van der Waals surface area contributed by atoms with Crippen molar-refractivity contribution in [2.45, 2.75) is 36.1 Å². The van der Waals surface area contributed by atoms with Gasteiger partial charge in [0.2, 0.25) is 0 Å². The second-order valence-corrected chi connectivity index (χ2v) is 6.40. The molecule has 0 bridgehead atoms. The summed E-state index contributed by atoms with van der Waals surface area (Å²) >= 11 is 7.77. The molecule has 0 amide bonds. The molecule has 0 radical (unpaired) electrons. The molecule has 0 saturated carbocycles. The maximum atomic E-state index is 6.03. The van der Waals surface area contributed by atoms with Crippen molar-refractivity contribution in [2.24, 2.45) is 5.73 Å². The van der Waals surface area contributed by atoms with Crippen LogP contribution in [0.15, 0.2) is 52.3 Å². The van der Waals surface area contributed by atoms with Crippen LogP contribution in [-0.4, -0.2) is 6.04 Å². The Balaban J connectivity index is 2.28. The van der Waals surface area contributed by atoms with E-state index in [1.54, 1.807) is 11.8 Å². The molecule has 3 heteroatoms. The molecule has 0 fully saturated rings. The third-order valence-electron chi connectivity index (χ3n) is 2.78. The molecule has 1 unspecified atom stereocenters. The summed E-state index contributed by atoms with van der Waals surface area (Å²) in [7, 11) is 0. The van der Waals surface area contributed by atoms with E-state index in [2.05, 4.69) is 31.2 Å². The van der Waals surface area contributed by atoms with Crippen LogP contribution in [0.5, 0.6) is 0 Å². The van der Waals surface area contributed by atoms with Crippen LogP contribution < -0.4 is 5.73 Å². The molecule has 0 aliphatic rings. The summed E-state index contributed by atoms with van der Waals surface area (Å²) in [6, 6.07) is 14.6. The van der Waals surface area contributed by atoms with Gasteiger partial charge in [0, 0.05) is 20.9 Å². The number of hydrogen-bond acceptors (Lipinski definition) is 2. The van der Waals surface area contributed by atoms with E-state index in [0.29, 0.717) is 0 Å². The second kappa shape index (κ2) is 6.47. The number of nitrogens with two attached hydrogens (primary N) is 1. The van der Waals surface area contributed by atoms with Gasteiger partial charge in [-0.2, -0.15) is 0 Å². The van der Waals surface area contributed by atoms with Crippen molar-refractivity contribution in [3.05, 3.63) is 58.6 Å². The first-order valence-electron chi connectivity index (χ1n) is 6.33. The van der Waals surface area contributed by atoms with Gasteiger partial charge in [-0.25, -0.2) is 0 Å². The number of benzene rings is 2. The van der Waals surface area contributed by atoms with Gasteiger partial charge in [0.1, 0.15) is 0 Å². The van der Waals surface area contributed by atoms with Crippen molar-refractivity contribution >= 4 is 23.4 Å². The van der Waals surface area contributed by atoms with Gasteiger partial charge in [-0.15, -0.1) is 0 Å². The summed E-state index contributed by atoms with van der Waals surface area (Å²) in [5.41, 5.74) is 8.51. The first kappa shape index (κ1) is 14.4. The second-order valence-electron chi connectivity index (χ2n) is 4.85. The molecular formula is C16H18ClNS. The van der Waals surface area contributed by atoms with Crippen LogP contribution in [0.1, 0.15) is 18.1 Å². The van der Waals surface area contributed by atoms with E-state index in [1.165, 1.54) is 16.0 Å². The van der Waals surface area contributed by atoms with Crippen LogP contribution in [0.25, 0.3) is 0 Å². The van der Waals surface area contributed by atoms with Crippen molar-refractivity contribution < 1.29 is 0 Å². The Morgan fingerprint density at radius 1 is 1.21 bits per heavy atom. The molecule has 100 valence electrons. The molecule has 1 nitrogen and oxygen atoms in total. The minimum Gasteiger partial charge on any atom is -0.328 e. The van der Waals surface area contributed by atoms with Crippen LogP contribution >= 0.6 is 23.4 Å². The largest absolute Gasteiger partial charge is 0.328 e. The van der Waals surface area contributed by atoms with Gasteiger partial charge in [-0.1, -0.05) is 47.1 Å². The fourth-order valence-corrected chi connectivity index (χ4v) is 3.22. The van der Waals surface area contributed by atoms with E-state index in [1.807, 2.05) is 25.1 Å². The zero-order chi connectivity index (χ0) is 13.8. The zero-order valence-corrected chi connectivity index (χ0v) is 12.8. The van der Waals surface area contributed by atoms with Crippen LogP contribution in [0.3, 0.4) is 0 Å². The standard InChI is InChI=1S/C16H18ClNS/c1-11-6-7-16(13(8-11)9-12(2)18)19-15-5-3-4-14(17)10-15/h3-8,10,12H,9,18H2,1-2H3. The number of hydrogen-bond donors (Lipinski definition) is 1. The Kier molecular flexibility index (Phi) is 4.92. The van der Waals surface area contributed by atoms with Crippen molar-refractivity contribution in [1.82, 2.24) is 0 Å². The highest BCUT2D eigenvalue weighted by Gasteiger charge is 2.07. The number of rotatable bonds is 4. The third kappa shape index (κ3) is 4.27. The lowest BCUT2D eigenvalue weighted by Gasteiger charge is -2.12. The Labute approximate surface area is 124 Å². The van der Waals surface area contributed by atoms with Crippen LogP contribution in [-0.2, 0) is 6.42 Å². The SMILES string of the molecule is Cc1ccc(Sc2cccc(Cl)c2)c(CC(C)N)c1. The number of aryl methyl sites for hydroxylation is 1. The van der Waals surface area contributed by atoms with E-state index in [0.717, 1.165) is 16.3 Å². The molecule has 19 heavy (non-hydrogen) atoms. The molecule has 2 N–H and O–H groups in total. The normalized spacial score (nSPS) is 12.4. The Morgan fingerprint density at radius 3 is 2.68 bits per heavy atom. The lowest BCUT2D eigenvalue weighted by Crippen LogP contribution is -2.18. The quantitative estimate of drug-likeness (QED) is 0.884. The van der Waals surface area contributed by atoms with Crippen molar-refractivity contribution in [3.63, 3.8) is 0 Å². The molecule has 0 aromatic heterocycles. The third-order valence-corrected chi connectivity index (χ3v) is 4.12. The molecule has 2 rings (SSSR count). The Morgan fingerprint density at radius 2 is 2.00 bits per heavy atom. The Hall–Kier alpha value is -0.960. The van der Waals surface area contributed by atoms with Crippen molar-refractivity contribution in [2.75, 3.05) is 0 Å². The average molecular weight is 292 g/mol. The fraction of sp³-hybridized carbons (Fsp3) is 0.250. The van der Waals surface area contributed by atoms with Gasteiger partial charge in [-0.05, 0) is 50.1 Å². The molecule has 0 spiro atoms. The van der Waals surface area contributed by atoms with Gasteiger partial charge in [0.15, 0.2) is 0 Å². The summed E-state index contributed by atoms with van der Waals surface area (Å²) in [4.78, 5) is 2.41. The number of halogens is 1. The summed E-state index contributed by atoms with van der Waals surface area (Å²) in [5.74, 6) is 0. The van der Waals surface area contributed by atoms with Gasteiger partial charge in [0.25, 0.3) is 0 Å². The molecule has 0 saturated heterocycles. The first-order valence-corrected chi connectivity index (χ1v) is 7.52. The van der Waals surface area contributed by atoms with Gasteiger partial charge in [0.05, 0.1) is 0 Å². The Bertz CT molecular complexity index is 566. The minimum absolute atomic E-state index is 0.167. The summed E-state index contributed by atoms with van der Waals surface area (Å²) in [6.07, 6.45) is 0.893. The first-order chi connectivity index (χ1) is 9.04. The zero-order valence-electron chi connectivity index (χ0n) is 11.2. The van der Waals surface area contributed by atoms with E-state index in [9.17, 15) is 0 Å². The van der Waals surface area contributed by atoms with Gasteiger partial charge >= 0.3 is 0 Å². The summed E-state index contributed by atoms with van der Waals surface area (Å²) in [6.45, 7) is 4.15. The molecule has 2 aromatic rings. The maximum Gasteiger partial charge on any atom is 0.0417 e. The topological polar surface area (TPSA) is 26.0 Å². The van der Waals surface area contributed by atoms with Crippen LogP contribution in [0.4, 0.5) is 0 Å². The highest BCUT2D eigenvalue weighted by molar-refractivity contribution is 7.99. The molecule has 1 atom stereocenters. The van der Waals surface area contributed by atoms with Crippen molar-refractivity contribution in [1.29, 1.82) is 0 Å². The van der Waals surface area contributed by atoms with Crippen LogP contribution in [0.2, 0.25) is 5.02 Å². The average Bonchev–Trinajstić information content (AvgIpc) is 2.32. The van der Waals surface area contributed by atoms with Gasteiger partial charge < -0.3 is 5.73 Å². The van der Waals surface area contributed by atoms with E-state index in [-0.39, 0.29) is 6.04 Å². The minimum atomic E-state index is 0.167. The van der Waals surface area contributed by atoms with E-state index < -0.39 is 0 Å².